The molecule has 9 unspecified atom stereocenters. The molecule has 236 valence electrons. The summed E-state index contributed by atoms with van der Waals surface area (Å²) in [5, 5.41) is 0. The summed E-state index contributed by atoms with van der Waals surface area (Å²) in [6.45, 7) is 11.0. The number of hydrogen-bond donors (Lipinski definition) is 0. The van der Waals surface area contributed by atoms with Crippen molar-refractivity contribution in [2.75, 3.05) is 0 Å². The van der Waals surface area contributed by atoms with Crippen molar-refractivity contribution in [1.29, 1.82) is 0 Å². The van der Waals surface area contributed by atoms with Crippen molar-refractivity contribution in [2.45, 2.75) is 59.2 Å². The van der Waals surface area contributed by atoms with Crippen LogP contribution in [-0.2, 0) is 6.42 Å². The molecule has 2 aliphatic heterocycles. The zero-order valence-corrected chi connectivity index (χ0v) is 30.7. The fourth-order valence-electron chi connectivity index (χ4n) is 6.92. The van der Waals surface area contributed by atoms with Crippen LogP contribution in [0.15, 0.2) is 60.7 Å². The molecule has 6 rings (SSSR count). The van der Waals surface area contributed by atoms with E-state index in [1.54, 1.807) is 0 Å². The average Bonchev–Trinajstić information content (AvgIpc) is 3.05. The molecule has 9 atom stereocenters. The van der Waals surface area contributed by atoms with Crippen LogP contribution in [0.5, 0.6) is 34.5 Å². The summed E-state index contributed by atoms with van der Waals surface area (Å²) in [6.07, 6.45) is 0.556. The van der Waals surface area contributed by atoms with Crippen molar-refractivity contribution < 1.29 is 27.6 Å². The molecule has 2 aliphatic rings. The molecule has 0 radical (unpaired) electrons. The van der Waals surface area contributed by atoms with Gasteiger partial charge in [-0.3, -0.25) is 0 Å². The van der Waals surface area contributed by atoms with Crippen molar-refractivity contribution in [3.05, 3.63) is 105 Å². The molecule has 0 spiro atoms. The molecule has 6 nitrogen and oxygen atoms in total. The number of ether oxygens (including phenoxy) is 2. The van der Waals surface area contributed by atoms with Gasteiger partial charge in [0, 0.05) is 41.0 Å². The molecule has 0 saturated heterocycles. The molecule has 0 N–H and O–H groups in total. The lowest BCUT2D eigenvalue weighted by atomic mass is 9.73. The van der Waals surface area contributed by atoms with E-state index in [1.807, 2.05) is 30.3 Å². The fourth-order valence-corrected chi connectivity index (χ4v) is 7.63. The fraction of sp³-hybridized carbons (Fsp3) is 0.314. The zero-order chi connectivity index (χ0) is 32.0. The van der Waals surface area contributed by atoms with E-state index in [0.29, 0.717) is 34.7 Å². The van der Waals surface area contributed by atoms with Gasteiger partial charge >= 0.3 is 0 Å². The Bertz CT molecular complexity index is 1740. The van der Waals surface area contributed by atoms with E-state index in [-0.39, 0.29) is 24.0 Å². The van der Waals surface area contributed by atoms with E-state index in [9.17, 15) is 0 Å². The van der Waals surface area contributed by atoms with Gasteiger partial charge in [0.05, 0.1) is 37.9 Å². The highest BCUT2D eigenvalue weighted by molar-refractivity contribution is 7.11. The van der Waals surface area contributed by atoms with E-state index in [1.165, 1.54) is 27.8 Å². The second kappa shape index (κ2) is 13.3. The first-order valence-electron chi connectivity index (χ1n) is 15.0. The molecule has 45 heavy (non-hydrogen) atoms. The third kappa shape index (κ3) is 5.90. The smallest absolute Gasteiger partial charge is 0.165 e. The lowest BCUT2D eigenvalue weighted by Crippen LogP contribution is -2.31. The van der Waals surface area contributed by atoms with E-state index in [4.69, 9.17) is 27.6 Å². The maximum absolute atomic E-state index is 7.12. The third-order valence-electron chi connectivity index (χ3n) is 9.47. The Kier molecular flexibility index (Phi) is 9.53. The summed E-state index contributed by atoms with van der Waals surface area (Å²) in [7, 11) is 9.30. The Morgan fingerprint density at radius 3 is 2.02 bits per heavy atom. The predicted octanol–water partition coefficient (Wildman–Crippen LogP) is 9.50. The van der Waals surface area contributed by atoms with Crippen LogP contribution in [0.25, 0.3) is 0 Å². The van der Waals surface area contributed by atoms with Gasteiger partial charge in [0.15, 0.2) is 11.5 Å². The van der Waals surface area contributed by atoms with Crippen LogP contribution in [-0.4, -0.2) is 0 Å². The van der Waals surface area contributed by atoms with Crippen LogP contribution in [0.1, 0.15) is 76.5 Å². The van der Waals surface area contributed by atoms with Crippen molar-refractivity contribution >= 4 is 37.9 Å². The van der Waals surface area contributed by atoms with Gasteiger partial charge < -0.3 is 27.6 Å². The first-order valence-corrected chi connectivity index (χ1v) is 16.9. The molecule has 2 heterocycles. The molecule has 0 bridgehead atoms. The maximum Gasteiger partial charge on any atom is 0.165 e. The highest BCUT2D eigenvalue weighted by atomic mass is 31.0. The minimum atomic E-state index is -0.313. The summed E-state index contributed by atoms with van der Waals surface area (Å²) in [4.78, 5) is 0. The Morgan fingerprint density at radius 2 is 1.33 bits per heavy atom. The van der Waals surface area contributed by atoms with Gasteiger partial charge in [0.1, 0.15) is 35.2 Å². The first-order chi connectivity index (χ1) is 21.7. The van der Waals surface area contributed by atoms with E-state index in [0.717, 1.165) is 28.9 Å². The molecule has 0 fully saturated rings. The average molecular weight is 681 g/mol. The Hall–Kier alpha value is -2.60. The normalized spacial score (nSPS) is 21.9. The van der Waals surface area contributed by atoms with Crippen LogP contribution in [0, 0.1) is 32.6 Å². The van der Waals surface area contributed by atoms with Crippen LogP contribution in [0.4, 0.5) is 0 Å². The van der Waals surface area contributed by atoms with E-state index >= 15 is 0 Å². The Morgan fingerprint density at radius 1 is 0.644 bits per heavy atom. The van der Waals surface area contributed by atoms with Gasteiger partial charge in [-0.15, -0.1) is 0 Å². The minimum absolute atomic E-state index is 0.0193. The second-order valence-corrected chi connectivity index (χ2v) is 13.2. The van der Waals surface area contributed by atoms with Gasteiger partial charge in [-0.2, -0.15) is 0 Å². The molecule has 0 saturated carbocycles. The summed E-state index contributed by atoms with van der Waals surface area (Å²) < 4.78 is 36.5. The van der Waals surface area contributed by atoms with Gasteiger partial charge in [0.25, 0.3) is 0 Å². The largest absolute Gasteiger partial charge is 0.485 e. The molecule has 0 aromatic heterocycles. The maximum atomic E-state index is 7.12. The van der Waals surface area contributed by atoms with Crippen molar-refractivity contribution in [3.63, 3.8) is 0 Å². The minimum Gasteiger partial charge on any atom is -0.485 e. The molecule has 10 heteroatoms. The van der Waals surface area contributed by atoms with Crippen LogP contribution in [0.2, 0.25) is 0 Å². The Labute approximate surface area is 275 Å². The standard InChI is InChI=1S/C35H40O6P4/c1-17-6-8-22(12-19(17)3)33-20(4)13-26-18(2)7-10-25(35(26)37-33)31-21(5)34(23-9-11-27(39-43)28(14-23)40-44)36-29-15-24(38-42)16-30(41-45)32(29)31/h6-12,14-16,20-21,31,33-34H,13,42-45H2,1-5H3. The van der Waals surface area contributed by atoms with Crippen LogP contribution < -0.4 is 27.6 Å². The molecule has 0 aliphatic carbocycles. The lowest BCUT2D eigenvalue weighted by Gasteiger charge is -2.41. The summed E-state index contributed by atoms with van der Waals surface area (Å²) >= 11 is 0. The van der Waals surface area contributed by atoms with Crippen molar-refractivity contribution in [2.24, 2.45) is 11.8 Å². The molecular weight excluding hydrogens is 640 g/mol. The van der Waals surface area contributed by atoms with Crippen molar-refractivity contribution in [1.82, 2.24) is 0 Å². The lowest BCUT2D eigenvalue weighted by molar-refractivity contribution is 0.101. The molecule has 4 aromatic rings. The zero-order valence-electron chi connectivity index (χ0n) is 26.1. The topological polar surface area (TPSA) is 55.4 Å². The highest BCUT2D eigenvalue weighted by Gasteiger charge is 2.43. The molecule has 0 amide bonds. The van der Waals surface area contributed by atoms with Gasteiger partial charge in [-0.25, -0.2) is 0 Å². The number of hydrogen-bond acceptors (Lipinski definition) is 6. The van der Waals surface area contributed by atoms with E-state index in [2.05, 4.69) is 103 Å². The van der Waals surface area contributed by atoms with Crippen LogP contribution >= 0.6 is 37.9 Å². The predicted molar refractivity (Wildman–Crippen MR) is 192 cm³/mol. The summed E-state index contributed by atoms with van der Waals surface area (Å²) in [6, 6.07) is 20.9. The van der Waals surface area contributed by atoms with E-state index < -0.39 is 0 Å². The number of rotatable bonds is 7. The quantitative estimate of drug-likeness (QED) is 0.181. The number of benzene rings is 4. The van der Waals surface area contributed by atoms with Gasteiger partial charge in [-0.05, 0) is 72.7 Å². The van der Waals surface area contributed by atoms with Gasteiger partial charge in [0.2, 0.25) is 0 Å². The second-order valence-electron chi connectivity index (χ2n) is 12.2. The molecule has 4 aromatic carbocycles. The highest BCUT2D eigenvalue weighted by Crippen LogP contribution is 2.57. The van der Waals surface area contributed by atoms with Crippen molar-refractivity contribution in [3.8, 4) is 34.5 Å². The first kappa shape index (κ1) is 32.3. The van der Waals surface area contributed by atoms with Gasteiger partial charge in [-0.1, -0.05) is 50.2 Å². The third-order valence-corrected chi connectivity index (χ3v) is 10.5. The Balaban J connectivity index is 1.54. The summed E-state index contributed by atoms with van der Waals surface area (Å²) in [5.41, 5.74) is 9.31. The van der Waals surface area contributed by atoms with Crippen LogP contribution in [0.3, 0.4) is 0 Å². The SMILES string of the molecule is Cc1ccc(C2Oc3c(C4c5c(OP)cc(OP)cc5OC(c5ccc(OP)c(OP)c5)C4C)ccc(C)c3CC2C)cc1C. The molecular formula is C35H40O6P4. The summed E-state index contributed by atoms with van der Waals surface area (Å²) in [5.74, 6) is 4.35. The number of aryl methyl sites for hydroxylation is 3. The number of fused-ring (bicyclic) bond motifs is 2. The monoisotopic (exact) mass is 680 g/mol.